The van der Waals surface area contributed by atoms with Crippen LogP contribution in [0.2, 0.25) is 0 Å². The van der Waals surface area contributed by atoms with Crippen molar-refractivity contribution in [3.05, 3.63) is 65.7 Å². The second-order valence-electron chi connectivity index (χ2n) is 12.0. The third-order valence-electron chi connectivity index (χ3n) is 7.59. The minimum atomic E-state index is -0.674. The Hall–Kier alpha value is -2.90. The van der Waals surface area contributed by atoms with E-state index in [1.165, 1.54) is 0 Å². The smallest absolute Gasteiger partial charge is 0.245 e. The molecule has 2 N–H and O–H groups in total. The van der Waals surface area contributed by atoms with Crippen molar-refractivity contribution in [2.45, 2.75) is 84.6 Å². The van der Waals surface area contributed by atoms with Crippen molar-refractivity contribution in [3.63, 3.8) is 0 Å². The van der Waals surface area contributed by atoms with Gasteiger partial charge >= 0.3 is 0 Å². The Labute approximate surface area is 240 Å². The summed E-state index contributed by atoms with van der Waals surface area (Å²) < 4.78 is 5.93. The minimum Gasteiger partial charge on any atom is -0.489 e. The topological polar surface area (TPSA) is 82.1 Å². The molecule has 1 fully saturated rings. The number of aliphatic hydroxyl groups excluding tert-OH is 1. The first kappa shape index (κ1) is 31.6. The highest BCUT2D eigenvalue weighted by molar-refractivity contribution is 5.90. The van der Waals surface area contributed by atoms with Crippen LogP contribution in [0.4, 0.5) is 0 Å². The van der Waals surface area contributed by atoms with Gasteiger partial charge in [0.15, 0.2) is 0 Å². The van der Waals surface area contributed by atoms with Crippen LogP contribution >= 0.6 is 0 Å². The average molecular weight is 552 g/mol. The summed E-state index contributed by atoms with van der Waals surface area (Å²) in [6.07, 6.45) is 2.89. The number of nitrogens with one attached hydrogen (secondary N) is 1. The lowest BCUT2D eigenvalue weighted by Crippen LogP contribution is -2.56. The van der Waals surface area contributed by atoms with E-state index in [0.29, 0.717) is 50.8 Å². The number of aliphatic hydroxyl groups is 1. The largest absolute Gasteiger partial charge is 0.489 e. The first-order chi connectivity index (χ1) is 19.1. The number of rotatable bonds is 14. The van der Waals surface area contributed by atoms with Gasteiger partial charge in [-0.1, -0.05) is 70.2 Å². The van der Waals surface area contributed by atoms with E-state index in [1.807, 2.05) is 61.6 Å². The Morgan fingerprint density at radius 3 is 2.23 bits per heavy atom. The van der Waals surface area contributed by atoms with Gasteiger partial charge in [0.1, 0.15) is 18.4 Å². The SMILES string of the molecule is CC(C)CCN(C)[C@H](CC(C)C)C(=O)N[C@@H](Cc1ccc(OCc2ccccc2)cc1)C(=O)N1CCC(O)CC1. The van der Waals surface area contributed by atoms with Crippen molar-refractivity contribution in [2.24, 2.45) is 11.8 Å². The Morgan fingerprint density at radius 2 is 1.62 bits per heavy atom. The molecule has 7 nitrogen and oxygen atoms in total. The first-order valence-electron chi connectivity index (χ1n) is 14.9. The molecule has 0 aromatic heterocycles. The zero-order chi connectivity index (χ0) is 29.1. The fourth-order valence-corrected chi connectivity index (χ4v) is 5.02. The summed E-state index contributed by atoms with van der Waals surface area (Å²) >= 11 is 0. The minimum absolute atomic E-state index is 0.0854. The lowest BCUT2D eigenvalue weighted by molar-refractivity contribution is -0.139. The third kappa shape index (κ3) is 10.3. The summed E-state index contributed by atoms with van der Waals surface area (Å²) in [6.45, 7) is 10.9. The van der Waals surface area contributed by atoms with Gasteiger partial charge in [0, 0.05) is 19.5 Å². The number of carbonyl (C=O) groups is 2. The highest BCUT2D eigenvalue weighted by atomic mass is 16.5. The molecule has 2 atom stereocenters. The number of hydrogen-bond donors (Lipinski definition) is 2. The fourth-order valence-electron chi connectivity index (χ4n) is 5.02. The van der Waals surface area contributed by atoms with Gasteiger partial charge in [-0.25, -0.2) is 0 Å². The highest BCUT2D eigenvalue weighted by Gasteiger charge is 2.32. The molecule has 0 unspecified atom stereocenters. The van der Waals surface area contributed by atoms with Crippen molar-refractivity contribution in [1.29, 1.82) is 0 Å². The third-order valence-corrected chi connectivity index (χ3v) is 7.59. The molecular weight excluding hydrogens is 502 g/mol. The number of piperidine rings is 1. The van der Waals surface area contributed by atoms with Crippen LogP contribution in [-0.4, -0.2) is 71.6 Å². The zero-order valence-electron chi connectivity index (χ0n) is 25.0. The molecule has 1 aliphatic rings. The Balaban J connectivity index is 1.73. The second kappa shape index (κ2) is 15.8. The normalized spacial score (nSPS) is 15.9. The van der Waals surface area contributed by atoms with E-state index < -0.39 is 6.04 Å². The number of nitrogens with zero attached hydrogens (tertiary/aromatic N) is 2. The number of hydrogen-bond acceptors (Lipinski definition) is 5. The van der Waals surface area contributed by atoms with Gasteiger partial charge in [-0.05, 0) is 74.4 Å². The fraction of sp³-hybridized carbons (Fsp3) is 0.576. The Morgan fingerprint density at radius 1 is 0.975 bits per heavy atom. The van der Waals surface area contributed by atoms with Gasteiger partial charge in [-0.3, -0.25) is 14.5 Å². The first-order valence-corrected chi connectivity index (χ1v) is 14.9. The maximum absolute atomic E-state index is 13.7. The van der Waals surface area contributed by atoms with Crippen LogP contribution in [-0.2, 0) is 22.6 Å². The molecule has 0 aliphatic carbocycles. The molecule has 0 radical (unpaired) electrons. The molecule has 1 saturated heterocycles. The molecular formula is C33H49N3O4. The average Bonchev–Trinajstić information content (AvgIpc) is 2.94. The number of amides is 2. The van der Waals surface area contributed by atoms with Crippen LogP contribution in [0.25, 0.3) is 0 Å². The van der Waals surface area contributed by atoms with Crippen LogP contribution < -0.4 is 10.1 Å². The van der Waals surface area contributed by atoms with Crippen molar-refractivity contribution < 1.29 is 19.4 Å². The van der Waals surface area contributed by atoms with Gasteiger partial charge in [0.2, 0.25) is 11.8 Å². The maximum atomic E-state index is 13.7. The number of likely N-dealkylation sites (N-methyl/N-ethyl adjacent to an activating group) is 1. The van der Waals surface area contributed by atoms with E-state index >= 15 is 0 Å². The summed E-state index contributed by atoms with van der Waals surface area (Å²) in [5.41, 5.74) is 2.05. The molecule has 1 heterocycles. The quantitative estimate of drug-likeness (QED) is 0.357. The van der Waals surface area contributed by atoms with Gasteiger partial charge in [-0.15, -0.1) is 0 Å². The molecule has 2 aromatic carbocycles. The van der Waals surface area contributed by atoms with Crippen molar-refractivity contribution >= 4 is 11.8 Å². The van der Waals surface area contributed by atoms with E-state index in [4.69, 9.17) is 4.74 Å². The molecule has 7 heteroatoms. The predicted molar refractivity (Wildman–Crippen MR) is 160 cm³/mol. The standard InChI is InChI=1S/C33H49N3O4/c1-24(2)15-18-35(5)31(21-25(3)4)32(38)34-30(33(39)36-19-16-28(37)17-20-36)22-26-11-13-29(14-12-26)40-23-27-9-7-6-8-10-27/h6-14,24-25,28,30-31,37H,15-23H2,1-5H3,(H,34,38)/t30-,31+/m0/s1. The zero-order valence-corrected chi connectivity index (χ0v) is 25.0. The van der Waals surface area contributed by atoms with Crippen LogP contribution in [0, 0.1) is 11.8 Å². The van der Waals surface area contributed by atoms with Gasteiger partial charge in [0.25, 0.3) is 0 Å². The molecule has 1 aliphatic heterocycles. The number of carbonyl (C=O) groups excluding carboxylic acids is 2. The second-order valence-corrected chi connectivity index (χ2v) is 12.0. The lowest BCUT2D eigenvalue weighted by Gasteiger charge is -2.34. The van der Waals surface area contributed by atoms with Crippen molar-refractivity contribution in [2.75, 3.05) is 26.7 Å². The van der Waals surface area contributed by atoms with Crippen molar-refractivity contribution in [3.8, 4) is 5.75 Å². The number of benzene rings is 2. The summed E-state index contributed by atoms with van der Waals surface area (Å²) in [4.78, 5) is 31.3. The molecule has 2 aromatic rings. The van der Waals surface area contributed by atoms with Crippen LogP contribution in [0.1, 0.15) is 64.5 Å². The Kier molecular flexibility index (Phi) is 12.5. The molecule has 0 bridgehead atoms. The predicted octanol–water partition coefficient (Wildman–Crippen LogP) is 4.67. The Bertz CT molecular complexity index is 1030. The van der Waals surface area contributed by atoms with Crippen molar-refractivity contribution in [1.82, 2.24) is 15.1 Å². The summed E-state index contributed by atoms with van der Waals surface area (Å²) in [5, 5.41) is 13.1. The molecule has 220 valence electrons. The van der Waals surface area contributed by atoms with Crippen LogP contribution in [0.5, 0.6) is 5.75 Å². The number of ether oxygens (including phenoxy) is 1. The van der Waals surface area contributed by atoms with Crippen LogP contribution in [0.3, 0.4) is 0 Å². The van der Waals surface area contributed by atoms with E-state index in [9.17, 15) is 14.7 Å². The van der Waals surface area contributed by atoms with E-state index in [1.54, 1.807) is 4.90 Å². The van der Waals surface area contributed by atoms with E-state index in [2.05, 4.69) is 37.9 Å². The number of likely N-dealkylation sites (tertiary alicyclic amines) is 1. The highest BCUT2D eigenvalue weighted by Crippen LogP contribution is 2.19. The monoisotopic (exact) mass is 551 g/mol. The van der Waals surface area contributed by atoms with Gasteiger partial charge < -0.3 is 20.1 Å². The van der Waals surface area contributed by atoms with Crippen LogP contribution in [0.15, 0.2) is 54.6 Å². The molecule has 2 amide bonds. The molecule has 0 saturated carbocycles. The van der Waals surface area contributed by atoms with E-state index in [0.717, 1.165) is 36.3 Å². The maximum Gasteiger partial charge on any atom is 0.245 e. The van der Waals surface area contributed by atoms with Gasteiger partial charge in [-0.2, -0.15) is 0 Å². The molecule has 3 rings (SSSR count). The summed E-state index contributed by atoms with van der Waals surface area (Å²) in [5.74, 6) is 1.47. The van der Waals surface area contributed by atoms with E-state index in [-0.39, 0.29) is 24.0 Å². The summed E-state index contributed by atoms with van der Waals surface area (Å²) in [6, 6.07) is 16.8. The lowest BCUT2D eigenvalue weighted by atomic mass is 9.98. The molecule has 40 heavy (non-hydrogen) atoms. The summed E-state index contributed by atoms with van der Waals surface area (Å²) in [7, 11) is 2.01. The van der Waals surface area contributed by atoms with Gasteiger partial charge in [0.05, 0.1) is 12.1 Å². The molecule has 0 spiro atoms.